The average Bonchev–Trinajstić information content (AvgIpc) is 3.02. The Hall–Kier alpha value is -2.55. The number of rotatable bonds is 4. The number of pyridine rings is 1. The van der Waals surface area contributed by atoms with E-state index in [0.29, 0.717) is 17.7 Å². The van der Waals surface area contributed by atoms with Crippen LogP contribution in [0.1, 0.15) is 5.56 Å². The number of anilines is 1. The number of alkyl halides is 3. The maximum absolute atomic E-state index is 13.8. The van der Waals surface area contributed by atoms with E-state index in [1.165, 1.54) is 10.9 Å². The molecule has 3 rings (SSSR count). The van der Waals surface area contributed by atoms with Crippen molar-refractivity contribution in [3.63, 3.8) is 0 Å². The Labute approximate surface area is 138 Å². The van der Waals surface area contributed by atoms with Gasteiger partial charge in [0, 0.05) is 12.3 Å². The van der Waals surface area contributed by atoms with Gasteiger partial charge in [-0.25, -0.2) is 9.37 Å². The summed E-state index contributed by atoms with van der Waals surface area (Å²) in [6.45, 7) is 0. The van der Waals surface area contributed by atoms with Crippen molar-refractivity contribution >= 4 is 17.8 Å². The van der Waals surface area contributed by atoms with Crippen molar-refractivity contribution in [3.05, 3.63) is 66.2 Å². The minimum absolute atomic E-state index is 0.0387. The second kappa shape index (κ2) is 6.52. The number of hydrogen-bond acceptors (Lipinski definition) is 4. The van der Waals surface area contributed by atoms with Crippen molar-refractivity contribution < 1.29 is 17.6 Å². The van der Waals surface area contributed by atoms with E-state index in [2.05, 4.69) is 14.8 Å². The minimum Gasteiger partial charge on any atom is -0.310 e. The van der Waals surface area contributed by atoms with E-state index in [1.54, 1.807) is 30.5 Å². The van der Waals surface area contributed by atoms with Crippen LogP contribution in [0.3, 0.4) is 0 Å². The number of hydrogen-bond donors (Lipinski definition) is 1. The fourth-order valence-electron chi connectivity index (χ4n) is 1.91. The van der Waals surface area contributed by atoms with Crippen LogP contribution >= 0.6 is 11.9 Å². The first kappa shape index (κ1) is 16.3. The third kappa shape index (κ3) is 3.51. The molecule has 9 heteroatoms. The van der Waals surface area contributed by atoms with E-state index < -0.39 is 17.6 Å². The smallest absolute Gasteiger partial charge is 0.310 e. The maximum Gasteiger partial charge on any atom is 0.416 e. The standard InChI is InChI=1S/C15H10F4N4S/c16-11-9-10(15(17,18)19)4-5-12(11)24-22-14-6-8-21-23(14)13-3-1-2-7-20-13/h1-9,22H. The van der Waals surface area contributed by atoms with Gasteiger partial charge in [-0.15, -0.1) is 0 Å². The highest BCUT2D eigenvalue weighted by Crippen LogP contribution is 2.32. The monoisotopic (exact) mass is 354 g/mol. The molecule has 1 N–H and O–H groups in total. The summed E-state index contributed by atoms with van der Waals surface area (Å²) in [5.41, 5.74) is -1.03. The van der Waals surface area contributed by atoms with E-state index in [1.807, 2.05) is 0 Å². The molecule has 0 saturated heterocycles. The Kier molecular flexibility index (Phi) is 4.43. The van der Waals surface area contributed by atoms with Crippen LogP contribution in [0.4, 0.5) is 23.4 Å². The van der Waals surface area contributed by atoms with Gasteiger partial charge in [-0.05, 0) is 42.3 Å². The second-order valence-corrected chi connectivity index (χ2v) is 5.51. The SMILES string of the molecule is Fc1cc(C(F)(F)F)ccc1SNc1ccnn1-c1ccccn1. The Bertz CT molecular complexity index is 833. The van der Waals surface area contributed by atoms with Gasteiger partial charge in [0.1, 0.15) is 11.6 Å². The quantitative estimate of drug-likeness (QED) is 0.552. The molecule has 4 nitrogen and oxygen atoms in total. The molecule has 2 aromatic heterocycles. The highest BCUT2D eigenvalue weighted by atomic mass is 32.2. The molecule has 0 aliphatic rings. The molecule has 0 unspecified atom stereocenters. The maximum atomic E-state index is 13.8. The lowest BCUT2D eigenvalue weighted by Crippen LogP contribution is -2.06. The molecule has 2 heterocycles. The molecule has 0 bridgehead atoms. The van der Waals surface area contributed by atoms with E-state index in [-0.39, 0.29) is 4.90 Å². The van der Waals surface area contributed by atoms with Crippen molar-refractivity contribution in [3.8, 4) is 5.82 Å². The van der Waals surface area contributed by atoms with Gasteiger partial charge in [0.2, 0.25) is 0 Å². The van der Waals surface area contributed by atoms with Crippen LogP contribution in [-0.2, 0) is 6.18 Å². The van der Waals surface area contributed by atoms with Crippen LogP contribution in [-0.4, -0.2) is 14.8 Å². The van der Waals surface area contributed by atoms with Crippen LogP contribution < -0.4 is 4.72 Å². The molecule has 3 aromatic rings. The summed E-state index contributed by atoms with van der Waals surface area (Å²) in [7, 11) is 0. The van der Waals surface area contributed by atoms with Crippen molar-refractivity contribution in [1.29, 1.82) is 0 Å². The van der Waals surface area contributed by atoms with Crippen molar-refractivity contribution in [2.45, 2.75) is 11.1 Å². The van der Waals surface area contributed by atoms with Crippen molar-refractivity contribution in [2.75, 3.05) is 4.72 Å². The Morgan fingerprint density at radius 2 is 1.88 bits per heavy atom. The summed E-state index contributed by atoms with van der Waals surface area (Å²) in [5, 5.41) is 4.10. The predicted molar refractivity (Wildman–Crippen MR) is 82.2 cm³/mol. The van der Waals surface area contributed by atoms with Gasteiger partial charge in [-0.3, -0.25) is 0 Å². The second-order valence-electron chi connectivity index (χ2n) is 4.66. The van der Waals surface area contributed by atoms with Crippen molar-refractivity contribution in [2.24, 2.45) is 0 Å². The van der Waals surface area contributed by atoms with Gasteiger partial charge in [0.05, 0.1) is 16.7 Å². The van der Waals surface area contributed by atoms with Gasteiger partial charge in [0.15, 0.2) is 5.82 Å². The normalized spacial score (nSPS) is 11.5. The van der Waals surface area contributed by atoms with Crippen LogP contribution in [0.15, 0.2) is 59.8 Å². The molecule has 0 atom stereocenters. The van der Waals surface area contributed by atoms with Gasteiger partial charge in [-0.1, -0.05) is 6.07 Å². The van der Waals surface area contributed by atoms with Crippen LogP contribution in [0.5, 0.6) is 0 Å². The van der Waals surface area contributed by atoms with Crippen molar-refractivity contribution in [1.82, 2.24) is 14.8 Å². The summed E-state index contributed by atoms with van der Waals surface area (Å²) < 4.78 is 55.8. The molecule has 0 saturated carbocycles. The third-order valence-electron chi connectivity index (χ3n) is 3.03. The molecule has 0 amide bonds. The van der Waals surface area contributed by atoms with Gasteiger partial charge >= 0.3 is 6.18 Å². The van der Waals surface area contributed by atoms with E-state index in [4.69, 9.17) is 0 Å². The highest BCUT2D eigenvalue weighted by Gasteiger charge is 2.31. The predicted octanol–water partition coefficient (Wildman–Crippen LogP) is 4.54. The lowest BCUT2D eigenvalue weighted by atomic mass is 10.2. The largest absolute Gasteiger partial charge is 0.416 e. The topological polar surface area (TPSA) is 42.7 Å². The summed E-state index contributed by atoms with van der Waals surface area (Å²) in [6.07, 6.45) is -1.45. The number of nitrogens with one attached hydrogen (secondary N) is 1. The molecule has 0 fully saturated rings. The Morgan fingerprint density at radius 1 is 1.04 bits per heavy atom. The summed E-state index contributed by atoms with van der Waals surface area (Å²) >= 11 is 0.852. The third-order valence-corrected chi connectivity index (χ3v) is 3.90. The number of aromatic nitrogens is 3. The molecular weight excluding hydrogens is 344 g/mol. The lowest BCUT2D eigenvalue weighted by Gasteiger charge is -2.10. The lowest BCUT2D eigenvalue weighted by molar-refractivity contribution is -0.137. The molecule has 1 aromatic carbocycles. The summed E-state index contributed by atoms with van der Waals surface area (Å²) in [6, 6.07) is 9.31. The zero-order valence-corrected chi connectivity index (χ0v) is 12.8. The minimum atomic E-state index is -4.57. The van der Waals surface area contributed by atoms with Crippen LogP contribution in [0.2, 0.25) is 0 Å². The highest BCUT2D eigenvalue weighted by molar-refractivity contribution is 8.00. The van der Waals surface area contributed by atoms with Crippen LogP contribution in [0, 0.1) is 5.82 Å². The average molecular weight is 354 g/mol. The van der Waals surface area contributed by atoms with Crippen LogP contribution in [0.25, 0.3) is 5.82 Å². The first-order chi connectivity index (χ1) is 11.4. The molecular formula is C15H10F4N4S. The van der Waals surface area contributed by atoms with E-state index in [9.17, 15) is 17.6 Å². The zero-order chi connectivity index (χ0) is 17.2. The number of benzene rings is 1. The van der Waals surface area contributed by atoms with Gasteiger partial charge in [-0.2, -0.15) is 23.0 Å². The molecule has 0 aliphatic carbocycles. The molecule has 0 spiro atoms. The summed E-state index contributed by atoms with van der Waals surface area (Å²) in [5.74, 6) is 0.114. The summed E-state index contributed by atoms with van der Waals surface area (Å²) in [4.78, 5) is 4.18. The number of nitrogens with zero attached hydrogens (tertiary/aromatic N) is 3. The number of halogens is 4. The van der Waals surface area contributed by atoms with E-state index >= 15 is 0 Å². The zero-order valence-electron chi connectivity index (χ0n) is 12.0. The Morgan fingerprint density at radius 3 is 2.54 bits per heavy atom. The fraction of sp³-hybridized carbons (Fsp3) is 0.0667. The fourth-order valence-corrected chi connectivity index (χ4v) is 2.57. The molecule has 24 heavy (non-hydrogen) atoms. The van der Waals surface area contributed by atoms with Gasteiger partial charge < -0.3 is 4.72 Å². The first-order valence-electron chi connectivity index (χ1n) is 6.70. The first-order valence-corrected chi connectivity index (χ1v) is 7.52. The molecule has 0 aliphatic heterocycles. The molecule has 124 valence electrons. The Balaban J connectivity index is 1.77. The molecule has 0 radical (unpaired) electrons. The van der Waals surface area contributed by atoms with E-state index in [0.717, 1.165) is 24.1 Å². The van der Waals surface area contributed by atoms with Gasteiger partial charge in [0.25, 0.3) is 0 Å².